The van der Waals surface area contributed by atoms with Crippen LogP contribution in [-0.2, 0) is 10.0 Å². The third kappa shape index (κ3) is 3.49. The van der Waals surface area contributed by atoms with Gasteiger partial charge < -0.3 is 5.11 Å². The van der Waals surface area contributed by atoms with Crippen molar-refractivity contribution in [2.24, 2.45) is 0 Å². The van der Waals surface area contributed by atoms with Crippen molar-refractivity contribution < 1.29 is 18.4 Å². The van der Waals surface area contributed by atoms with Gasteiger partial charge in [0.25, 0.3) is 15.7 Å². The number of aromatic hydroxyl groups is 1. The fraction of sp³-hybridized carbons (Fsp3) is 0.0769. The van der Waals surface area contributed by atoms with Gasteiger partial charge in [0, 0.05) is 12.1 Å². The summed E-state index contributed by atoms with van der Waals surface area (Å²) in [5.74, 6) is -0.357. The van der Waals surface area contributed by atoms with Gasteiger partial charge in [-0.3, -0.25) is 14.8 Å². The maximum Gasteiger partial charge on any atom is 0.270 e. The summed E-state index contributed by atoms with van der Waals surface area (Å²) in [6.45, 7) is 1.49. The fourth-order valence-corrected chi connectivity index (χ4v) is 3.39. The van der Waals surface area contributed by atoms with E-state index in [2.05, 4.69) is 4.72 Å². The minimum Gasteiger partial charge on any atom is -0.505 e. The number of rotatable bonds is 4. The van der Waals surface area contributed by atoms with Crippen molar-refractivity contribution in [2.45, 2.75) is 11.8 Å². The Bertz CT molecular complexity index is 899. The molecule has 0 atom stereocenters. The maximum atomic E-state index is 12.4. The van der Waals surface area contributed by atoms with Crippen LogP contribution in [-0.4, -0.2) is 18.4 Å². The van der Waals surface area contributed by atoms with Gasteiger partial charge in [0.2, 0.25) is 0 Å². The quantitative estimate of drug-likeness (QED) is 0.480. The third-order valence-electron chi connectivity index (χ3n) is 3.02. The Kier molecular flexibility index (Phi) is 4.69. The number of nitro benzene ring substituents is 1. The first-order valence-electron chi connectivity index (χ1n) is 6.08. The predicted octanol–water partition coefficient (Wildman–Crippen LogP) is 3.72. The number of phenolic OH excluding ortho intramolecular Hbond substituents is 1. The number of benzene rings is 2. The van der Waals surface area contributed by atoms with Gasteiger partial charge in [-0.05, 0) is 24.6 Å². The maximum absolute atomic E-state index is 12.4. The Hall–Kier alpha value is -2.03. The Labute approximate surface area is 141 Å². The van der Waals surface area contributed by atoms with Crippen molar-refractivity contribution in [2.75, 3.05) is 4.72 Å². The van der Waals surface area contributed by atoms with Crippen molar-refractivity contribution in [1.82, 2.24) is 0 Å². The number of non-ortho nitro benzene ring substituents is 1. The summed E-state index contributed by atoms with van der Waals surface area (Å²) in [7, 11) is -4.09. The topological polar surface area (TPSA) is 110 Å². The summed E-state index contributed by atoms with van der Waals surface area (Å²) in [6.07, 6.45) is 0. The average Bonchev–Trinajstić information content (AvgIpc) is 2.50. The van der Waals surface area contributed by atoms with Crippen LogP contribution < -0.4 is 4.72 Å². The molecule has 0 aliphatic heterocycles. The second-order valence-electron chi connectivity index (χ2n) is 4.55. The molecule has 0 radical (unpaired) electrons. The highest BCUT2D eigenvalue weighted by molar-refractivity contribution is 7.92. The highest BCUT2D eigenvalue weighted by Crippen LogP contribution is 2.39. The van der Waals surface area contributed by atoms with Crippen molar-refractivity contribution in [3.63, 3.8) is 0 Å². The van der Waals surface area contributed by atoms with Crippen molar-refractivity contribution in [3.8, 4) is 5.75 Å². The van der Waals surface area contributed by atoms with Gasteiger partial charge in [-0.25, -0.2) is 8.42 Å². The molecule has 0 heterocycles. The molecule has 0 saturated heterocycles. The summed E-state index contributed by atoms with van der Waals surface area (Å²) < 4.78 is 27.0. The first-order valence-corrected chi connectivity index (χ1v) is 8.32. The van der Waals surface area contributed by atoms with Crippen LogP contribution in [0.4, 0.5) is 11.4 Å². The molecular weight excluding hydrogens is 367 g/mol. The van der Waals surface area contributed by atoms with Gasteiger partial charge in [-0.2, -0.15) is 0 Å². The van der Waals surface area contributed by atoms with E-state index in [1.807, 2.05) is 0 Å². The molecule has 2 aromatic rings. The first-order chi connectivity index (χ1) is 10.6. The molecule has 0 amide bonds. The first kappa shape index (κ1) is 17.3. The van der Waals surface area contributed by atoms with E-state index in [1.54, 1.807) is 0 Å². The Morgan fingerprint density at radius 3 is 2.52 bits per heavy atom. The molecule has 0 saturated carbocycles. The van der Waals surface area contributed by atoms with Gasteiger partial charge in [-0.15, -0.1) is 0 Å². The predicted molar refractivity (Wildman–Crippen MR) is 86.8 cm³/mol. The third-order valence-corrected chi connectivity index (χ3v) is 5.14. The number of phenols is 1. The molecule has 2 aromatic carbocycles. The molecule has 0 unspecified atom stereocenters. The molecule has 10 heteroatoms. The van der Waals surface area contributed by atoms with Crippen LogP contribution in [0.1, 0.15) is 5.56 Å². The average molecular weight is 377 g/mol. The SMILES string of the molecule is Cc1c(NS(=O)(=O)c2cccc([N+](=O)[O-])c2)cc(Cl)c(O)c1Cl. The molecule has 0 bridgehead atoms. The molecule has 122 valence electrons. The number of sulfonamides is 1. The van der Waals surface area contributed by atoms with E-state index < -0.39 is 14.9 Å². The zero-order chi connectivity index (χ0) is 17.4. The zero-order valence-electron chi connectivity index (χ0n) is 11.6. The Morgan fingerprint density at radius 1 is 1.26 bits per heavy atom. The monoisotopic (exact) mass is 376 g/mol. The number of nitrogens with one attached hydrogen (secondary N) is 1. The zero-order valence-corrected chi connectivity index (χ0v) is 13.9. The summed E-state index contributed by atoms with van der Waals surface area (Å²) >= 11 is 11.6. The molecule has 0 aliphatic carbocycles. The molecule has 0 spiro atoms. The van der Waals surface area contributed by atoms with E-state index in [4.69, 9.17) is 23.2 Å². The van der Waals surface area contributed by atoms with E-state index in [9.17, 15) is 23.6 Å². The van der Waals surface area contributed by atoms with Crippen LogP contribution in [0.5, 0.6) is 5.75 Å². The molecule has 7 nitrogen and oxygen atoms in total. The summed E-state index contributed by atoms with van der Waals surface area (Å²) in [6, 6.07) is 5.79. The van der Waals surface area contributed by atoms with E-state index in [1.165, 1.54) is 31.2 Å². The van der Waals surface area contributed by atoms with Crippen molar-refractivity contribution in [1.29, 1.82) is 0 Å². The summed E-state index contributed by atoms with van der Waals surface area (Å²) in [4.78, 5) is 9.77. The fourth-order valence-electron chi connectivity index (χ4n) is 1.78. The molecular formula is C13H10Cl2N2O5S. The number of hydrogen-bond acceptors (Lipinski definition) is 5. The summed E-state index contributed by atoms with van der Waals surface area (Å²) in [5.41, 5.74) is -0.0294. The smallest absolute Gasteiger partial charge is 0.270 e. The van der Waals surface area contributed by atoms with Gasteiger partial charge in [0.05, 0.1) is 25.6 Å². The number of nitrogens with zero attached hydrogens (tertiary/aromatic N) is 1. The highest BCUT2D eigenvalue weighted by atomic mass is 35.5. The second kappa shape index (κ2) is 6.23. The molecule has 0 fully saturated rings. The molecule has 23 heavy (non-hydrogen) atoms. The van der Waals surface area contributed by atoms with Gasteiger partial charge in [-0.1, -0.05) is 29.3 Å². The molecule has 2 N–H and O–H groups in total. The lowest BCUT2D eigenvalue weighted by Crippen LogP contribution is -2.14. The normalized spacial score (nSPS) is 11.3. The number of anilines is 1. The molecule has 0 aromatic heterocycles. The largest absolute Gasteiger partial charge is 0.505 e. The van der Waals surface area contributed by atoms with Gasteiger partial charge in [0.15, 0.2) is 5.75 Å². The van der Waals surface area contributed by atoms with Crippen LogP contribution in [0, 0.1) is 17.0 Å². The Balaban J connectivity index is 2.47. The van der Waals surface area contributed by atoms with Gasteiger partial charge in [0.1, 0.15) is 0 Å². The highest BCUT2D eigenvalue weighted by Gasteiger charge is 2.21. The van der Waals surface area contributed by atoms with E-state index in [0.717, 1.165) is 6.07 Å². The van der Waals surface area contributed by atoms with Crippen LogP contribution in [0.25, 0.3) is 0 Å². The van der Waals surface area contributed by atoms with Crippen molar-refractivity contribution >= 4 is 44.6 Å². The van der Waals surface area contributed by atoms with Crippen LogP contribution in [0.15, 0.2) is 35.2 Å². The second-order valence-corrected chi connectivity index (χ2v) is 7.02. The van der Waals surface area contributed by atoms with Crippen LogP contribution >= 0.6 is 23.2 Å². The van der Waals surface area contributed by atoms with E-state index in [-0.39, 0.29) is 37.6 Å². The van der Waals surface area contributed by atoms with E-state index in [0.29, 0.717) is 0 Å². The van der Waals surface area contributed by atoms with Crippen molar-refractivity contribution in [3.05, 3.63) is 56.1 Å². The molecule has 2 rings (SSSR count). The minimum atomic E-state index is -4.09. The minimum absolute atomic E-state index is 0.0595. The number of nitro groups is 1. The number of halogens is 2. The summed E-state index contributed by atoms with van der Waals surface area (Å²) in [5, 5.41) is 20.1. The lowest BCUT2D eigenvalue weighted by molar-refractivity contribution is -0.385. The standard InChI is InChI=1S/C13H10Cl2N2O5S/c1-7-11(6-10(14)13(18)12(7)15)16-23(21,22)9-4-2-3-8(5-9)17(19)20/h2-6,16,18H,1H3. The van der Waals surface area contributed by atoms with Crippen LogP contribution in [0.3, 0.4) is 0 Å². The van der Waals surface area contributed by atoms with E-state index >= 15 is 0 Å². The van der Waals surface area contributed by atoms with Crippen LogP contribution in [0.2, 0.25) is 10.0 Å². The number of hydrogen-bond donors (Lipinski definition) is 2. The van der Waals surface area contributed by atoms with Gasteiger partial charge >= 0.3 is 0 Å². The Morgan fingerprint density at radius 2 is 1.91 bits per heavy atom. The lowest BCUT2D eigenvalue weighted by atomic mass is 10.2. The lowest BCUT2D eigenvalue weighted by Gasteiger charge is -2.13. The molecule has 0 aliphatic rings.